The minimum Gasteiger partial charge on any atom is -0.477 e. The molecule has 0 aromatic carbocycles. The molecule has 5 nitrogen and oxygen atoms in total. The molecule has 0 heterocycles. The molecule has 98 valence electrons. The number of esters is 1. The summed E-state index contributed by atoms with van der Waals surface area (Å²) in [5.41, 5.74) is 2.22. The van der Waals surface area contributed by atoms with Gasteiger partial charge in [-0.15, -0.1) is 5.73 Å². The number of carbonyl (C=O) groups is 2. The van der Waals surface area contributed by atoms with E-state index in [9.17, 15) is 9.59 Å². The number of aliphatic carboxylic acids is 1. The highest BCUT2D eigenvalue weighted by molar-refractivity contribution is 5.90. The van der Waals surface area contributed by atoms with E-state index in [1.165, 1.54) is 6.07 Å². The van der Waals surface area contributed by atoms with Crippen LogP contribution in [0.5, 0.6) is 0 Å². The first-order valence-corrected chi connectivity index (χ1v) is 5.31. The maximum absolute atomic E-state index is 10.7. The van der Waals surface area contributed by atoms with Crippen molar-refractivity contribution in [3.8, 4) is 6.07 Å². The lowest BCUT2D eigenvalue weighted by molar-refractivity contribution is -0.143. The lowest BCUT2D eigenvalue weighted by atomic mass is 10.2. The van der Waals surface area contributed by atoms with Gasteiger partial charge in [-0.05, 0) is 25.8 Å². The van der Waals surface area contributed by atoms with E-state index in [1.807, 2.05) is 13.0 Å². The van der Waals surface area contributed by atoms with Crippen LogP contribution in [0.25, 0.3) is 0 Å². The highest BCUT2D eigenvalue weighted by Gasteiger charge is 1.98. The average molecular weight is 251 g/mol. The molecule has 0 aliphatic rings. The highest BCUT2D eigenvalue weighted by Crippen LogP contribution is 1.97. The molecule has 0 unspecified atom stereocenters. The van der Waals surface area contributed by atoms with Gasteiger partial charge < -0.3 is 9.84 Å². The number of hydrogen-bond acceptors (Lipinski definition) is 4. The number of carboxylic acid groups (broad SMARTS) is 1. The summed E-state index contributed by atoms with van der Waals surface area (Å²) in [4.78, 5) is 20.3. The summed E-state index contributed by atoms with van der Waals surface area (Å²) in [6.07, 6.45) is 3.98. The first kappa shape index (κ1) is 18.1. The SMILES string of the molecule is C=C(C#N)C(=O)O.C=C=CCCCC(=O)OCC. The van der Waals surface area contributed by atoms with Gasteiger partial charge in [-0.3, -0.25) is 4.79 Å². The topological polar surface area (TPSA) is 87.4 Å². The van der Waals surface area contributed by atoms with Gasteiger partial charge in [-0.25, -0.2) is 4.79 Å². The summed E-state index contributed by atoms with van der Waals surface area (Å²) in [6.45, 7) is 8.60. The molecule has 0 aromatic rings. The van der Waals surface area contributed by atoms with Crippen LogP contribution < -0.4 is 0 Å². The van der Waals surface area contributed by atoms with Crippen LogP contribution in [0.2, 0.25) is 0 Å². The number of carboxylic acids is 1. The van der Waals surface area contributed by atoms with E-state index in [0.717, 1.165) is 12.8 Å². The summed E-state index contributed by atoms with van der Waals surface area (Å²) >= 11 is 0. The number of nitriles is 1. The molecule has 0 saturated carbocycles. The molecule has 0 atom stereocenters. The van der Waals surface area contributed by atoms with Gasteiger partial charge in [0.15, 0.2) is 0 Å². The minimum absolute atomic E-state index is 0.120. The zero-order valence-electron chi connectivity index (χ0n) is 10.4. The standard InChI is InChI=1S/C9H14O2.C4H3NO2/c1-3-5-6-7-8-9(10)11-4-2;1-3(2-5)4(6)7/h5H,1,4,6-8H2,2H3;1H2,(H,6,7). The van der Waals surface area contributed by atoms with Crippen molar-refractivity contribution in [3.05, 3.63) is 30.5 Å². The number of carbonyl (C=O) groups excluding carboxylic acids is 1. The Balaban J connectivity index is 0. The highest BCUT2D eigenvalue weighted by atomic mass is 16.5. The number of unbranched alkanes of at least 4 members (excludes halogenated alkanes) is 1. The van der Waals surface area contributed by atoms with Crippen LogP contribution in [-0.4, -0.2) is 23.7 Å². The number of allylic oxidation sites excluding steroid dienone is 1. The molecule has 0 aliphatic heterocycles. The van der Waals surface area contributed by atoms with Gasteiger partial charge in [0.05, 0.1) is 6.61 Å². The molecule has 0 aromatic heterocycles. The molecular weight excluding hydrogens is 234 g/mol. The van der Waals surface area contributed by atoms with E-state index < -0.39 is 11.5 Å². The van der Waals surface area contributed by atoms with Gasteiger partial charge >= 0.3 is 11.9 Å². The third-order valence-corrected chi connectivity index (χ3v) is 1.57. The Morgan fingerprint density at radius 2 is 2.11 bits per heavy atom. The maximum Gasteiger partial charge on any atom is 0.345 e. The van der Waals surface area contributed by atoms with Gasteiger partial charge in [0.1, 0.15) is 11.6 Å². The molecule has 0 fully saturated rings. The van der Waals surface area contributed by atoms with E-state index >= 15 is 0 Å². The van der Waals surface area contributed by atoms with E-state index in [-0.39, 0.29) is 5.97 Å². The number of ether oxygens (including phenoxy) is 1. The van der Waals surface area contributed by atoms with Crippen molar-refractivity contribution in [2.24, 2.45) is 0 Å². The van der Waals surface area contributed by atoms with E-state index in [0.29, 0.717) is 13.0 Å². The summed E-state index contributed by atoms with van der Waals surface area (Å²) in [5, 5.41) is 15.6. The number of nitrogens with zero attached hydrogens (tertiary/aromatic N) is 1. The Bertz CT molecular complexity index is 373. The van der Waals surface area contributed by atoms with Crippen LogP contribution in [0.1, 0.15) is 26.2 Å². The molecule has 0 spiro atoms. The fraction of sp³-hybridized carbons (Fsp3) is 0.385. The van der Waals surface area contributed by atoms with Crippen LogP contribution in [0.4, 0.5) is 0 Å². The Kier molecular flexibility index (Phi) is 12.8. The second kappa shape index (κ2) is 12.8. The van der Waals surface area contributed by atoms with Crippen LogP contribution >= 0.6 is 0 Å². The third kappa shape index (κ3) is 13.7. The predicted octanol–water partition coefficient (Wildman–Crippen LogP) is 2.21. The van der Waals surface area contributed by atoms with Crippen molar-refractivity contribution in [2.75, 3.05) is 6.61 Å². The monoisotopic (exact) mass is 251 g/mol. The first-order valence-electron chi connectivity index (χ1n) is 5.31. The largest absolute Gasteiger partial charge is 0.477 e. The summed E-state index contributed by atoms with van der Waals surface area (Å²) in [5.74, 6) is -1.38. The predicted molar refractivity (Wildman–Crippen MR) is 66.6 cm³/mol. The third-order valence-electron chi connectivity index (χ3n) is 1.57. The molecular formula is C13H17NO4. The lowest BCUT2D eigenvalue weighted by Gasteiger charge is -1.98. The van der Waals surface area contributed by atoms with Crippen molar-refractivity contribution in [3.63, 3.8) is 0 Å². The van der Waals surface area contributed by atoms with Gasteiger partial charge in [0, 0.05) is 6.42 Å². The van der Waals surface area contributed by atoms with E-state index in [2.05, 4.69) is 18.9 Å². The molecule has 0 amide bonds. The Hall–Kier alpha value is -2.31. The van der Waals surface area contributed by atoms with Crippen molar-refractivity contribution in [1.29, 1.82) is 5.26 Å². The van der Waals surface area contributed by atoms with Crippen LogP contribution in [0.3, 0.4) is 0 Å². The molecule has 18 heavy (non-hydrogen) atoms. The number of rotatable bonds is 6. The molecule has 1 N–H and O–H groups in total. The Labute approximate surface area is 107 Å². The van der Waals surface area contributed by atoms with E-state index in [1.54, 1.807) is 0 Å². The van der Waals surface area contributed by atoms with Gasteiger partial charge in [-0.2, -0.15) is 5.26 Å². The fourth-order valence-corrected chi connectivity index (χ4v) is 0.732. The number of hydrogen-bond donors (Lipinski definition) is 1. The zero-order chi connectivity index (χ0) is 14.4. The minimum atomic E-state index is -1.26. The maximum atomic E-state index is 10.7. The second-order valence-electron chi connectivity index (χ2n) is 3.00. The van der Waals surface area contributed by atoms with Gasteiger partial charge in [0.2, 0.25) is 0 Å². The second-order valence-corrected chi connectivity index (χ2v) is 3.00. The summed E-state index contributed by atoms with van der Waals surface area (Å²) in [6, 6.07) is 1.37. The molecule has 0 bridgehead atoms. The van der Waals surface area contributed by atoms with Crippen molar-refractivity contribution in [2.45, 2.75) is 26.2 Å². The molecule has 0 radical (unpaired) electrons. The smallest absolute Gasteiger partial charge is 0.345 e. The Morgan fingerprint density at radius 3 is 2.44 bits per heavy atom. The lowest BCUT2D eigenvalue weighted by Crippen LogP contribution is -2.02. The Morgan fingerprint density at radius 1 is 1.50 bits per heavy atom. The van der Waals surface area contributed by atoms with Crippen molar-refractivity contribution in [1.82, 2.24) is 0 Å². The summed E-state index contributed by atoms with van der Waals surface area (Å²) < 4.78 is 4.73. The first-order chi connectivity index (χ1) is 8.49. The van der Waals surface area contributed by atoms with Crippen molar-refractivity contribution >= 4 is 11.9 Å². The van der Waals surface area contributed by atoms with Crippen LogP contribution in [0, 0.1) is 11.3 Å². The zero-order valence-corrected chi connectivity index (χ0v) is 10.4. The quantitative estimate of drug-likeness (QED) is 0.257. The molecule has 0 saturated heterocycles. The van der Waals surface area contributed by atoms with E-state index in [4.69, 9.17) is 15.1 Å². The van der Waals surface area contributed by atoms with Gasteiger partial charge in [0.25, 0.3) is 0 Å². The summed E-state index contributed by atoms with van der Waals surface area (Å²) in [7, 11) is 0. The normalized spacial score (nSPS) is 7.78. The molecule has 5 heteroatoms. The van der Waals surface area contributed by atoms with Gasteiger partial charge in [-0.1, -0.05) is 13.2 Å². The molecule has 0 rings (SSSR count). The fourth-order valence-electron chi connectivity index (χ4n) is 0.732. The molecule has 0 aliphatic carbocycles. The van der Waals surface area contributed by atoms with Crippen LogP contribution in [-0.2, 0) is 14.3 Å². The van der Waals surface area contributed by atoms with Crippen LogP contribution in [0.15, 0.2) is 30.5 Å². The average Bonchev–Trinajstić information content (AvgIpc) is 2.34. The van der Waals surface area contributed by atoms with Crippen molar-refractivity contribution < 1.29 is 19.4 Å².